The lowest BCUT2D eigenvalue weighted by molar-refractivity contribution is -0.118. The molecule has 15 heavy (non-hydrogen) atoms. The number of nitrogens with one attached hydrogen (secondary N) is 1. The molecule has 0 unspecified atom stereocenters. The quantitative estimate of drug-likeness (QED) is 0.581. The zero-order valence-corrected chi connectivity index (χ0v) is 9.59. The van der Waals surface area contributed by atoms with E-state index in [1.165, 1.54) is 23.6 Å². The zero-order chi connectivity index (χ0) is 11.4. The minimum Gasteiger partial charge on any atom is -0.274 e. The van der Waals surface area contributed by atoms with Gasteiger partial charge in [-0.25, -0.2) is 5.43 Å². The molecule has 0 aliphatic heterocycles. The minimum atomic E-state index is -0.160. The Bertz CT molecular complexity index is 408. The van der Waals surface area contributed by atoms with Crippen molar-refractivity contribution in [2.45, 2.75) is 27.7 Å². The highest BCUT2D eigenvalue weighted by Gasteiger charge is 2.01. The largest absolute Gasteiger partial charge is 0.274 e. The van der Waals surface area contributed by atoms with Crippen LogP contribution in [0.4, 0.5) is 0 Å². The summed E-state index contributed by atoms with van der Waals surface area (Å²) >= 11 is 0. The number of aryl methyl sites for hydroxylation is 1. The lowest BCUT2D eigenvalue weighted by Gasteiger charge is -2.07. The number of rotatable bonds is 2. The van der Waals surface area contributed by atoms with Gasteiger partial charge in [-0.2, -0.15) is 5.10 Å². The Balaban J connectivity index is 2.92. The second-order valence-electron chi connectivity index (χ2n) is 3.65. The summed E-state index contributed by atoms with van der Waals surface area (Å²) < 4.78 is 0. The summed E-state index contributed by atoms with van der Waals surface area (Å²) in [6.07, 6.45) is 1.67. The van der Waals surface area contributed by atoms with E-state index in [-0.39, 0.29) is 5.91 Å². The molecule has 0 heterocycles. The van der Waals surface area contributed by atoms with E-state index >= 15 is 0 Å². The molecule has 1 N–H and O–H groups in total. The van der Waals surface area contributed by atoms with Crippen molar-refractivity contribution in [3.63, 3.8) is 0 Å². The minimum absolute atomic E-state index is 0.160. The number of hydrazone groups is 1. The van der Waals surface area contributed by atoms with E-state index in [4.69, 9.17) is 0 Å². The predicted octanol–water partition coefficient (Wildman–Crippen LogP) is 2.08. The van der Waals surface area contributed by atoms with E-state index in [0.29, 0.717) is 0 Å². The Morgan fingerprint density at radius 2 is 1.93 bits per heavy atom. The van der Waals surface area contributed by atoms with Crippen molar-refractivity contribution < 1.29 is 4.79 Å². The lowest BCUT2D eigenvalue weighted by Crippen LogP contribution is -2.12. The first-order chi connectivity index (χ1) is 7.02. The van der Waals surface area contributed by atoms with Crippen molar-refractivity contribution in [3.05, 3.63) is 34.4 Å². The van der Waals surface area contributed by atoms with Gasteiger partial charge >= 0.3 is 0 Å². The highest BCUT2D eigenvalue weighted by molar-refractivity contribution is 5.83. The summed E-state index contributed by atoms with van der Waals surface area (Å²) in [6.45, 7) is 7.65. The van der Waals surface area contributed by atoms with Gasteiger partial charge in [-0.05, 0) is 43.0 Å². The van der Waals surface area contributed by atoms with Crippen molar-refractivity contribution in [2.24, 2.45) is 5.10 Å². The van der Waals surface area contributed by atoms with Crippen LogP contribution in [0.15, 0.2) is 17.2 Å². The Kier molecular flexibility index (Phi) is 3.61. The number of benzene rings is 1. The fourth-order valence-electron chi connectivity index (χ4n) is 1.31. The van der Waals surface area contributed by atoms with Crippen molar-refractivity contribution in [3.8, 4) is 0 Å². The average molecular weight is 204 g/mol. The van der Waals surface area contributed by atoms with Gasteiger partial charge in [-0.1, -0.05) is 12.1 Å². The third-order valence-electron chi connectivity index (χ3n) is 2.53. The normalized spacial score (nSPS) is 10.7. The van der Waals surface area contributed by atoms with Crippen LogP contribution in [0.5, 0.6) is 0 Å². The zero-order valence-electron chi connectivity index (χ0n) is 9.59. The predicted molar refractivity (Wildman–Crippen MR) is 62.1 cm³/mol. The molecule has 1 rings (SSSR count). The number of hydrogen-bond acceptors (Lipinski definition) is 2. The molecule has 1 aromatic rings. The summed E-state index contributed by atoms with van der Waals surface area (Å²) in [4.78, 5) is 10.6. The topological polar surface area (TPSA) is 41.5 Å². The molecule has 0 fully saturated rings. The van der Waals surface area contributed by atoms with Crippen LogP contribution in [0.2, 0.25) is 0 Å². The Morgan fingerprint density at radius 1 is 1.27 bits per heavy atom. The van der Waals surface area contributed by atoms with Crippen LogP contribution in [0.3, 0.4) is 0 Å². The van der Waals surface area contributed by atoms with Gasteiger partial charge in [0.25, 0.3) is 0 Å². The van der Waals surface area contributed by atoms with Crippen molar-refractivity contribution in [1.29, 1.82) is 0 Å². The summed E-state index contributed by atoms with van der Waals surface area (Å²) in [7, 11) is 0. The monoisotopic (exact) mass is 204 g/mol. The summed E-state index contributed by atoms with van der Waals surface area (Å²) in [5.41, 5.74) is 7.15. The molecule has 0 saturated carbocycles. The van der Waals surface area contributed by atoms with Crippen LogP contribution < -0.4 is 5.43 Å². The highest BCUT2D eigenvalue weighted by atomic mass is 16.2. The summed E-state index contributed by atoms with van der Waals surface area (Å²) in [5.74, 6) is -0.160. The number of amides is 1. The molecule has 0 saturated heterocycles. The molecule has 3 heteroatoms. The molecule has 1 aromatic carbocycles. The fourth-order valence-corrected chi connectivity index (χ4v) is 1.31. The Labute approximate surface area is 90.2 Å². The SMILES string of the molecule is CC(=O)NN=Cc1ccc(C)c(C)c1C. The maximum Gasteiger partial charge on any atom is 0.236 e. The van der Waals surface area contributed by atoms with E-state index in [1.54, 1.807) is 6.21 Å². The number of hydrogen-bond donors (Lipinski definition) is 1. The van der Waals surface area contributed by atoms with Crippen molar-refractivity contribution in [1.82, 2.24) is 5.43 Å². The number of nitrogens with zero attached hydrogens (tertiary/aromatic N) is 1. The molecular formula is C12H16N2O. The smallest absolute Gasteiger partial charge is 0.236 e. The third-order valence-corrected chi connectivity index (χ3v) is 2.53. The summed E-state index contributed by atoms with van der Waals surface area (Å²) in [6, 6.07) is 4.06. The van der Waals surface area contributed by atoms with E-state index < -0.39 is 0 Å². The van der Waals surface area contributed by atoms with Gasteiger partial charge in [0.1, 0.15) is 0 Å². The average Bonchev–Trinajstić information content (AvgIpc) is 2.18. The van der Waals surface area contributed by atoms with Gasteiger partial charge in [0, 0.05) is 6.92 Å². The third kappa shape index (κ3) is 2.91. The van der Waals surface area contributed by atoms with Crippen molar-refractivity contribution >= 4 is 12.1 Å². The maximum absolute atomic E-state index is 10.6. The standard InChI is InChI=1S/C12H16N2O/c1-8-5-6-12(10(3)9(8)2)7-13-14-11(4)15/h5-7H,1-4H3,(H,14,15). The number of carbonyl (C=O) groups excluding carboxylic acids is 1. The molecular weight excluding hydrogens is 188 g/mol. The maximum atomic E-state index is 10.6. The lowest BCUT2D eigenvalue weighted by atomic mass is 10.00. The molecule has 0 bridgehead atoms. The Morgan fingerprint density at radius 3 is 2.53 bits per heavy atom. The molecule has 0 atom stereocenters. The Hall–Kier alpha value is -1.64. The van der Waals surface area contributed by atoms with E-state index in [1.807, 2.05) is 6.07 Å². The van der Waals surface area contributed by atoms with Gasteiger partial charge in [0.05, 0.1) is 6.21 Å². The van der Waals surface area contributed by atoms with Crippen LogP contribution in [0.25, 0.3) is 0 Å². The molecule has 80 valence electrons. The van der Waals surface area contributed by atoms with Gasteiger partial charge in [-0.3, -0.25) is 4.79 Å². The molecule has 0 radical (unpaired) electrons. The molecule has 0 aliphatic carbocycles. The van der Waals surface area contributed by atoms with E-state index in [2.05, 4.69) is 37.4 Å². The van der Waals surface area contributed by atoms with E-state index in [0.717, 1.165) is 5.56 Å². The second-order valence-corrected chi connectivity index (χ2v) is 3.65. The van der Waals surface area contributed by atoms with Crippen LogP contribution >= 0.6 is 0 Å². The fraction of sp³-hybridized carbons (Fsp3) is 0.333. The van der Waals surface area contributed by atoms with Crippen LogP contribution in [-0.4, -0.2) is 12.1 Å². The van der Waals surface area contributed by atoms with Crippen LogP contribution in [0, 0.1) is 20.8 Å². The molecule has 1 amide bonds. The number of carbonyl (C=O) groups is 1. The van der Waals surface area contributed by atoms with Gasteiger partial charge in [-0.15, -0.1) is 0 Å². The van der Waals surface area contributed by atoms with Gasteiger partial charge in [0.15, 0.2) is 0 Å². The van der Waals surface area contributed by atoms with Gasteiger partial charge in [0.2, 0.25) is 5.91 Å². The van der Waals surface area contributed by atoms with Gasteiger partial charge < -0.3 is 0 Å². The van der Waals surface area contributed by atoms with Crippen LogP contribution in [-0.2, 0) is 4.79 Å². The molecule has 3 nitrogen and oxygen atoms in total. The summed E-state index contributed by atoms with van der Waals surface area (Å²) in [5, 5.41) is 3.85. The first kappa shape index (κ1) is 11.4. The first-order valence-electron chi connectivity index (χ1n) is 4.89. The second kappa shape index (κ2) is 4.73. The highest BCUT2D eigenvalue weighted by Crippen LogP contribution is 2.15. The molecule has 0 aliphatic rings. The first-order valence-corrected chi connectivity index (χ1v) is 4.89. The van der Waals surface area contributed by atoms with E-state index in [9.17, 15) is 4.79 Å². The van der Waals surface area contributed by atoms with Crippen molar-refractivity contribution in [2.75, 3.05) is 0 Å². The van der Waals surface area contributed by atoms with Crippen LogP contribution in [0.1, 0.15) is 29.2 Å². The molecule has 0 aromatic heterocycles. The molecule has 0 spiro atoms.